The summed E-state index contributed by atoms with van der Waals surface area (Å²) in [6.07, 6.45) is 0.726. The molecule has 0 bridgehead atoms. The first-order valence-electron chi connectivity index (χ1n) is 9.83. The van der Waals surface area contributed by atoms with Crippen LogP contribution in [0, 0.1) is 5.82 Å². The fraction of sp³-hybridized carbons (Fsp3) is 0.217. The predicted octanol–water partition coefficient (Wildman–Crippen LogP) is 4.16. The van der Waals surface area contributed by atoms with Gasteiger partial charge in [0.1, 0.15) is 12.4 Å². The number of primary sulfonamides is 1. The Kier molecular flexibility index (Phi) is 8.25. The van der Waals surface area contributed by atoms with E-state index in [0.717, 1.165) is 22.0 Å². The zero-order chi connectivity index (χ0) is 23.1. The quantitative estimate of drug-likeness (QED) is 0.390. The summed E-state index contributed by atoms with van der Waals surface area (Å²) >= 11 is 3.56. The van der Waals surface area contributed by atoms with E-state index >= 15 is 0 Å². The Bertz CT molecular complexity index is 1170. The largest absolute Gasteiger partial charge is 0.493 e. The first-order valence-corrected chi connectivity index (χ1v) is 12.2. The monoisotopic (exact) mass is 522 g/mol. The molecule has 0 atom stereocenters. The molecule has 0 saturated heterocycles. The standard InChI is InChI=1S/C23H24BrFN2O4S/c1-30-22-12-18(14-27-11-10-16-6-8-19(9-7-16)32(26,28)29)20(24)13-23(22)31-15-17-4-2-3-5-21(17)25/h2-9,12-13,27H,10-11,14-15H2,1H3,(H2,26,28,29). The Balaban J connectivity index is 1.57. The summed E-state index contributed by atoms with van der Waals surface area (Å²) in [4.78, 5) is 0.0996. The number of hydrogen-bond acceptors (Lipinski definition) is 5. The van der Waals surface area contributed by atoms with Crippen molar-refractivity contribution >= 4 is 26.0 Å². The summed E-state index contributed by atoms with van der Waals surface area (Å²) in [5.74, 6) is 0.756. The van der Waals surface area contributed by atoms with Gasteiger partial charge in [0.2, 0.25) is 10.0 Å². The predicted molar refractivity (Wildman–Crippen MR) is 125 cm³/mol. The topological polar surface area (TPSA) is 90.6 Å². The molecule has 32 heavy (non-hydrogen) atoms. The van der Waals surface area contributed by atoms with Crippen molar-refractivity contribution in [2.45, 2.75) is 24.5 Å². The van der Waals surface area contributed by atoms with E-state index in [0.29, 0.717) is 30.2 Å². The highest BCUT2D eigenvalue weighted by molar-refractivity contribution is 9.10. The van der Waals surface area contributed by atoms with Crippen molar-refractivity contribution in [2.75, 3.05) is 13.7 Å². The maximum absolute atomic E-state index is 13.8. The zero-order valence-electron chi connectivity index (χ0n) is 17.5. The van der Waals surface area contributed by atoms with Crippen LogP contribution in [0.4, 0.5) is 4.39 Å². The molecule has 6 nitrogen and oxygen atoms in total. The van der Waals surface area contributed by atoms with Gasteiger partial charge >= 0.3 is 0 Å². The van der Waals surface area contributed by atoms with Gasteiger partial charge in [-0.3, -0.25) is 0 Å². The van der Waals surface area contributed by atoms with Crippen molar-refractivity contribution in [1.82, 2.24) is 5.32 Å². The van der Waals surface area contributed by atoms with E-state index in [1.54, 1.807) is 37.4 Å². The van der Waals surface area contributed by atoms with Crippen LogP contribution in [-0.2, 0) is 29.6 Å². The molecule has 0 aliphatic heterocycles. The summed E-state index contributed by atoms with van der Waals surface area (Å²) in [5, 5.41) is 8.47. The molecule has 170 valence electrons. The second kappa shape index (κ2) is 10.9. The molecule has 0 amide bonds. The van der Waals surface area contributed by atoms with Crippen molar-refractivity contribution < 1.29 is 22.3 Å². The minimum Gasteiger partial charge on any atom is -0.493 e. The maximum Gasteiger partial charge on any atom is 0.238 e. The number of ether oxygens (including phenoxy) is 2. The van der Waals surface area contributed by atoms with Gasteiger partial charge in [0.05, 0.1) is 12.0 Å². The minimum atomic E-state index is -3.68. The van der Waals surface area contributed by atoms with Crippen LogP contribution in [0.2, 0.25) is 0 Å². The van der Waals surface area contributed by atoms with Crippen LogP contribution >= 0.6 is 15.9 Å². The molecule has 0 aliphatic carbocycles. The number of methoxy groups -OCH3 is 1. The molecule has 0 fully saturated rings. The van der Waals surface area contributed by atoms with Crippen LogP contribution in [-0.4, -0.2) is 22.1 Å². The number of nitrogens with two attached hydrogens (primary N) is 1. The maximum atomic E-state index is 13.8. The van der Waals surface area contributed by atoms with Crippen LogP contribution in [0.1, 0.15) is 16.7 Å². The lowest BCUT2D eigenvalue weighted by Crippen LogP contribution is -2.17. The number of hydrogen-bond donors (Lipinski definition) is 2. The second-order valence-corrected chi connectivity index (χ2v) is 9.51. The first kappa shape index (κ1) is 24.2. The number of benzene rings is 3. The molecule has 3 N–H and O–H groups in total. The summed E-state index contributed by atoms with van der Waals surface area (Å²) in [6, 6.07) is 16.7. The average molecular weight is 523 g/mol. The van der Waals surface area contributed by atoms with Gasteiger partial charge in [-0.05, 0) is 54.4 Å². The smallest absolute Gasteiger partial charge is 0.238 e. The van der Waals surface area contributed by atoms with E-state index in [1.807, 2.05) is 12.1 Å². The van der Waals surface area contributed by atoms with Crippen LogP contribution in [0.5, 0.6) is 11.5 Å². The SMILES string of the molecule is COc1cc(CNCCc2ccc(S(N)(=O)=O)cc2)c(Br)cc1OCc1ccccc1F. The second-order valence-electron chi connectivity index (χ2n) is 7.09. The molecule has 0 radical (unpaired) electrons. The van der Waals surface area contributed by atoms with Crippen LogP contribution in [0.15, 0.2) is 70.0 Å². The van der Waals surface area contributed by atoms with E-state index in [9.17, 15) is 12.8 Å². The summed E-state index contributed by atoms with van der Waals surface area (Å²) in [7, 11) is -2.12. The fourth-order valence-corrected chi connectivity index (χ4v) is 4.04. The van der Waals surface area contributed by atoms with Gasteiger partial charge in [-0.15, -0.1) is 0 Å². The molecule has 0 saturated carbocycles. The normalized spacial score (nSPS) is 11.4. The lowest BCUT2D eigenvalue weighted by Gasteiger charge is -2.15. The molecule has 0 heterocycles. The summed E-state index contributed by atoms with van der Waals surface area (Å²) < 4.78 is 48.5. The number of sulfonamides is 1. The van der Waals surface area contributed by atoms with E-state index in [-0.39, 0.29) is 17.3 Å². The Labute approximate surface area is 195 Å². The molecular formula is C23H24BrFN2O4S. The minimum absolute atomic E-state index is 0.0946. The van der Waals surface area contributed by atoms with Crippen molar-refractivity contribution in [3.63, 3.8) is 0 Å². The third-order valence-corrected chi connectivity index (χ3v) is 6.50. The lowest BCUT2D eigenvalue weighted by atomic mass is 10.1. The average Bonchev–Trinajstić information content (AvgIpc) is 2.77. The summed E-state index contributed by atoms with van der Waals surface area (Å²) in [5.41, 5.74) is 2.44. The highest BCUT2D eigenvalue weighted by atomic mass is 79.9. The van der Waals surface area contributed by atoms with Crippen molar-refractivity contribution in [1.29, 1.82) is 0 Å². The van der Waals surface area contributed by atoms with E-state index in [1.165, 1.54) is 18.2 Å². The zero-order valence-corrected chi connectivity index (χ0v) is 19.9. The van der Waals surface area contributed by atoms with Crippen LogP contribution in [0.25, 0.3) is 0 Å². The van der Waals surface area contributed by atoms with E-state index in [2.05, 4.69) is 21.2 Å². The van der Waals surface area contributed by atoms with Gasteiger partial charge in [-0.25, -0.2) is 17.9 Å². The number of halogens is 2. The summed E-state index contributed by atoms with van der Waals surface area (Å²) in [6.45, 7) is 1.37. The van der Waals surface area contributed by atoms with Gasteiger partial charge in [-0.2, -0.15) is 0 Å². The van der Waals surface area contributed by atoms with Gasteiger partial charge < -0.3 is 14.8 Å². The number of nitrogens with one attached hydrogen (secondary N) is 1. The van der Waals surface area contributed by atoms with Crippen LogP contribution in [0.3, 0.4) is 0 Å². The molecule has 0 aliphatic rings. The number of rotatable bonds is 10. The van der Waals surface area contributed by atoms with Gasteiger partial charge in [0.15, 0.2) is 11.5 Å². The molecule has 9 heteroatoms. The van der Waals surface area contributed by atoms with Crippen molar-refractivity contribution in [3.05, 3.63) is 87.6 Å². The highest BCUT2D eigenvalue weighted by Crippen LogP contribution is 2.34. The third kappa shape index (κ3) is 6.52. The molecule has 0 spiro atoms. The van der Waals surface area contributed by atoms with Crippen LogP contribution < -0.4 is 19.9 Å². The van der Waals surface area contributed by atoms with Crippen molar-refractivity contribution in [3.8, 4) is 11.5 Å². The molecule has 0 unspecified atom stereocenters. The van der Waals surface area contributed by atoms with Crippen molar-refractivity contribution in [2.24, 2.45) is 5.14 Å². The Hall–Kier alpha value is -2.46. The molecule has 0 aromatic heterocycles. The van der Waals surface area contributed by atoms with Gasteiger partial charge in [0, 0.05) is 16.6 Å². The highest BCUT2D eigenvalue weighted by Gasteiger charge is 2.12. The molecule has 3 rings (SSSR count). The molecule has 3 aromatic carbocycles. The molecule has 3 aromatic rings. The Morgan fingerprint density at radius 3 is 2.41 bits per heavy atom. The fourth-order valence-electron chi connectivity index (χ4n) is 3.06. The van der Waals surface area contributed by atoms with E-state index in [4.69, 9.17) is 14.6 Å². The molecular weight excluding hydrogens is 499 g/mol. The Morgan fingerprint density at radius 2 is 1.75 bits per heavy atom. The van der Waals surface area contributed by atoms with Gasteiger partial charge in [0.25, 0.3) is 0 Å². The lowest BCUT2D eigenvalue weighted by molar-refractivity contribution is 0.279. The van der Waals surface area contributed by atoms with Gasteiger partial charge in [-0.1, -0.05) is 46.3 Å². The third-order valence-electron chi connectivity index (χ3n) is 4.83. The first-order chi connectivity index (χ1) is 15.3. The Morgan fingerprint density at radius 1 is 1.03 bits per heavy atom. The van der Waals surface area contributed by atoms with E-state index < -0.39 is 10.0 Å².